The third-order valence-corrected chi connectivity index (χ3v) is 4.63. The molecule has 2 rings (SSSR count). The number of amides is 1. The molecule has 1 aliphatic rings. The molecule has 1 amide bonds. The van der Waals surface area contributed by atoms with Gasteiger partial charge >= 0.3 is 5.97 Å². The van der Waals surface area contributed by atoms with Crippen molar-refractivity contribution in [1.82, 2.24) is 4.90 Å². The van der Waals surface area contributed by atoms with Gasteiger partial charge in [-0.25, -0.2) is 0 Å². The average Bonchev–Trinajstić information content (AvgIpc) is 2.47. The van der Waals surface area contributed by atoms with Crippen LogP contribution in [0.2, 0.25) is 0 Å². The summed E-state index contributed by atoms with van der Waals surface area (Å²) in [5.74, 6) is -0.461. The zero-order chi connectivity index (χ0) is 16.1. The van der Waals surface area contributed by atoms with E-state index in [1.54, 1.807) is 0 Å². The highest BCUT2D eigenvalue weighted by Gasteiger charge is 2.29. The summed E-state index contributed by atoms with van der Waals surface area (Å²) < 4.78 is 6.11. The lowest BCUT2D eigenvalue weighted by Crippen LogP contribution is -2.49. The molecule has 1 aliphatic heterocycles. The number of ether oxygens (including phenoxy) is 1. The molecule has 1 fully saturated rings. The van der Waals surface area contributed by atoms with E-state index >= 15 is 0 Å². The Bertz CT molecular complexity index is 519. The lowest BCUT2D eigenvalue weighted by molar-refractivity contribution is -0.154. The highest BCUT2D eigenvalue weighted by atomic mass is 79.9. The molecule has 2 unspecified atom stereocenters. The third-order valence-electron chi connectivity index (χ3n) is 4.10. The number of benzene rings is 1. The van der Waals surface area contributed by atoms with E-state index in [0.29, 0.717) is 0 Å². The minimum absolute atomic E-state index is 0.0937. The SMILES string of the molecule is CC1CCCC(C)N1C(=O)COC(=O)Cc1ccc(Br)cc1. The van der Waals surface area contributed by atoms with Crippen LogP contribution in [0.25, 0.3) is 0 Å². The summed E-state index contributed by atoms with van der Waals surface area (Å²) >= 11 is 3.35. The highest BCUT2D eigenvalue weighted by molar-refractivity contribution is 9.10. The number of hydrogen-bond acceptors (Lipinski definition) is 3. The zero-order valence-corrected chi connectivity index (χ0v) is 14.6. The lowest BCUT2D eigenvalue weighted by atomic mass is 9.97. The first-order valence-electron chi connectivity index (χ1n) is 7.68. The maximum atomic E-state index is 12.3. The molecule has 0 aliphatic carbocycles. The standard InChI is InChI=1S/C17H22BrNO3/c1-12-4-3-5-13(2)19(12)16(20)11-22-17(21)10-14-6-8-15(18)9-7-14/h6-9,12-13H,3-5,10-11H2,1-2H3. The van der Waals surface area contributed by atoms with Crippen LogP contribution in [0.4, 0.5) is 0 Å². The van der Waals surface area contributed by atoms with Gasteiger partial charge in [0.25, 0.3) is 5.91 Å². The van der Waals surface area contributed by atoms with Crippen molar-refractivity contribution in [1.29, 1.82) is 0 Å². The van der Waals surface area contributed by atoms with Crippen molar-refractivity contribution >= 4 is 27.8 Å². The number of hydrogen-bond donors (Lipinski definition) is 0. The average molecular weight is 368 g/mol. The lowest BCUT2D eigenvalue weighted by Gasteiger charge is -2.38. The van der Waals surface area contributed by atoms with Gasteiger partial charge in [0.1, 0.15) is 0 Å². The van der Waals surface area contributed by atoms with E-state index in [2.05, 4.69) is 29.8 Å². The summed E-state index contributed by atoms with van der Waals surface area (Å²) in [6.45, 7) is 3.94. The van der Waals surface area contributed by atoms with Gasteiger partial charge in [0.15, 0.2) is 6.61 Å². The van der Waals surface area contributed by atoms with Crippen molar-refractivity contribution in [2.45, 2.75) is 51.6 Å². The number of carbonyl (C=O) groups is 2. The Kier molecular flexibility index (Phi) is 6.00. The van der Waals surface area contributed by atoms with Gasteiger partial charge in [-0.05, 0) is 50.8 Å². The van der Waals surface area contributed by atoms with Gasteiger partial charge in [0, 0.05) is 16.6 Å². The van der Waals surface area contributed by atoms with Crippen LogP contribution in [0.3, 0.4) is 0 Å². The maximum absolute atomic E-state index is 12.3. The first kappa shape index (κ1) is 17.0. The van der Waals surface area contributed by atoms with E-state index < -0.39 is 0 Å². The molecule has 22 heavy (non-hydrogen) atoms. The van der Waals surface area contributed by atoms with Gasteiger partial charge in [0.05, 0.1) is 6.42 Å². The van der Waals surface area contributed by atoms with Gasteiger partial charge in [-0.15, -0.1) is 0 Å². The van der Waals surface area contributed by atoms with Crippen LogP contribution >= 0.6 is 15.9 Å². The Balaban J connectivity index is 1.82. The summed E-state index contributed by atoms with van der Waals surface area (Å²) in [4.78, 5) is 26.0. The molecule has 1 aromatic rings. The molecule has 0 aromatic heterocycles. The normalized spacial score (nSPS) is 21.5. The van der Waals surface area contributed by atoms with Gasteiger partial charge < -0.3 is 9.64 Å². The topological polar surface area (TPSA) is 46.6 Å². The molecule has 0 bridgehead atoms. The number of carbonyl (C=O) groups excluding carboxylic acids is 2. The summed E-state index contributed by atoms with van der Waals surface area (Å²) in [7, 11) is 0. The molecule has 2 atom stereocenters. The number of nitrogens with zero attached hydrogens (tertiary/aromatic N) is 1. The Hall–Kier alpha value is -1.36. The molecular formula is C17H22BrNO3. The molecule has 0 spiro atoms. The summed E-state index contributed by atoms with van der Waals surface area (Å²) in [5, 5.41) is 0. The van der Waals surface area contributed by atoms with Crippen LogP contribution in [-0.4, -0.2) is 35.5 Å². The van der Waals surface area contributed by atoms with Gasteiger partial charge in [-0.2, -0.15) is 0 Å². The monoisotopic (exact) mass is 367 g/mol. The van der Waals surface area contributed by atoms with Crippen LogP contribution in [0.5, 0.6) is 0 Å². The van der Waals surface area contributed by atoms with E-state index in [0.717, 1.165) is 29.3 Å². The minimum Gasteiger partial charge on any atom is -0.455 e. The Morgan fingerprint density at radius 1 is 1.18 bits per heavy atom. The first-order chi connectivity index (χ1) is 10.5. The van der Waals surface area contributed by atoms with E-state index in [4.69, 9.17) is 4.74 Å². The zero-order valence-electron chi connectivity index (χ0n) is 13.0. The van der Waals surface area contributed by atoms with Crippen molar-refractivity contribution in [3.8, 4) is 0 Å². The predicted molar refractivity (Wildman–Crippen MR) is 88.4 cm³/mol. The van der Waals surface area contributed by atoms with Crippen molar-refractivity contribution in [3.63, 3.8) is 0 Å². The number of piperidine rings is 1. The molecule has 1 saturated heterocycles. The smallest absolute Gasteiger partial charge is 0.310 e. The molecule has 0 radical (unpaired) electrons. The molecule has 4 nitrogen and oxygen atoms in total. The van der Waals surface area contributed by atoms with Crippen molar-refractivity contribution in [3.05, 3.63) is 34.3 Å². The summed E-state index contributed by atoms with van der Waals surface area (Å²) in [6.07, 6.45) is 3.37. The third kappa shape index (κ3) is 4.57. The molecule has 0 N–H and O–H groups in total. The largest absolute Gasteiger partial charge is 0.455 e. The number of halogens is 1. The maximum Gasteiger partial charge on any atom is 0.310 e. The van der Waals surface area contributed by atoms with Crippen LogP contribution in [-0.2, 0) is 20.7 Å². The molecule has 5 heteroatoms. The van der Waals surface area contributed by atoms with Crippen LogP contribution in [0, 0.1) is 0 Å². The Morgan fingerprint density at radius 3 is 2.36 bits per heavy atom. The fourth-order valence-corrected chi connectivity index (χ4v) is 3.21. The number of rotatable bonds is 4. The van der Waals surface area contributed by atoms with Gasteiger partial charge in [-0.1, -0.05) is 28.1 Å². The van der Waals surface area contributed by atoms with E-state index in [9.17, 15) is 9.59 Å². The van der Waals surface area contributed by atoms with Crippen molar-refractivity contribution in [2.24, 2.45) is 0 Å². The molecule has 1 heterocycles. The van der Waals surface area contributed by atoms with Gasteiger partial charge in [-0.3, -0.25) is 9.59 Å². The molecular weight excluding hydrogens is 346 g/mol. The number of esters is 1. The van der Waals surface area contributed by atoms with E-state index in [1.807, 2.05) is 29.2 Å². The second kappa shape index (κ2) is 7.77. The second-order valence-electron chi connectivity index (χ2n) is 5.89. The van der Waals surface area contributed by atoms with Crippen LogP contribution in [0.1, 0.15) is 38.7 Å². The number of likely N-dealkylation sites (tertiary alicyclic amines) is 1. The van der Waals surface area contributed by atoms with Crippen molar-refractivity contribution in [2.75, 3.05) is 6.61 Å². The highest BCUT2D eigenvalue weighted by Crippen LogP contribution is 2.22. The van der Waals surface area contributed by atoms with E-state index in [1.165, 1.54) is 0 Å². The quantitative estimate of drug-likeness (QED) is 0.766. The first-order valence-corrected chi connectivity index (χ1v) is 8.48. The molecule has 0 saturated carbocycles. The Labute approximate surface area is 140 Å². The van der Waals surface area contributed by atoms with E-state index in [-0.39, 0.29) is 37.0 Å². The second-order valence-corrected chi connectivity index (χ2v) is 6.81. The summed E-state index contributed by atoms with van der Waals surface area (Å²) in [6, 6.07) is 7.93. The fraction of sp³-hybridized carbons (Fsp3) is 0.529. The Morgan fingerprint density at radius 2 is 1.77 bits per heavy atom. The predicted octanol–water partition coefficient (Wildman–Crippen LogP) is 3.32. The minimum atomic E-state index is -0.368. The molecule has 120 valence electrons. The van der Waals surface area contributed by atoms with Crippen LogP contribution in [0.15, 0.2) is 28.7 Å². The van der Waals surface area contributed by atoms with Gasteiger partial charge in [0.2, 0.25) is 0 Å². The van der Waals surface area contributed by atoms with Crippen molar-refractivity contribution < 1.29 is 14.3 Å². The molecule has 1 aromatic carbocycles. The summed E-state index contributed by atoms with van der Waals surface area (Å²) in [5.41, 5.74) is 0.875. The fourth-order valence-electron chi connectivity index (χ4n) is 2.95. The van der Waals surface area contributed by atoms with Crippen LogP contribution < -0.4 is 0 Å².